The summed E-state index contributed by atoms with van der Waals surface area (Å²) in [6.07, 6.45) is 2.62. The van der Waals surface area contributed by atoms with Gasteiger partial charge in [-0.3, -0.25) is 4.79 Å². The molecule has 0 spiro atoms. The maximum Gasteiger partial charge on any atom is 0.255 e. The summed E-state index contributed by atoms with van der Waals surface area (Å²) in [7, 11) is 0. The molecule has 1 aliphatic heterocycles. The predicted octanol–water partition coefficient (Wildman–Crippen LogP) is 2.77. The molecule has 0 saturated carbocycles. The zero-order valence-electron chi connectivity index (χ0n) is 11.4. The van der Waals surface area contributed by atoms with Gasteiger partial charge in [-0.15, -0.1) is 11.3 Å². The minimum Gasteiger partial charge on any atom is -0.370 e. The molecule has 0 atom stereocenters. The number of hydrogen-bond acceptors (Lipinski definition) is 4. The SMILES string of the molecule is CCNc1ccc(C(=O)N2CCc3sccc3C2)cn1. The van der Waals surface area contributed by atoms with Crippen molar-refractivity contribution >= 4 is 23.1 Å². The molecule has 20 heavy (non-hydrogen) atoms. The van der Waals surface area contributed by atoms with Crippen LogP contribution in [0.15, 0.2) is 29.8 Å². The average Bonchev–Trinajstić information content (AvgIpc) is 2.95. The lowest BCUT2D eigenvalue weighted by Gasteiger charge is -2.27. The first-order valence-electron chi connectivity index (χ1n) is 6.82. The first kappa shape index (κ1) is 13.1. The monoisotopic (exact) mass is 287 g/mol. The van der Waals surface area contributed by atoms with Crippen LogP contribution >= 0.6 is 11.3 Å². The highest BCUT2D eigenvalue weighted by Crippen LogP contribution is 2.25. The van der Waals surface area contributed by atoms with Crippen LogP contribution < -0.4 is 5.32 Å². The van der Waals surface area contributed by atoms with Crippen LogP contribution in [0.3, 0.4) is 0 Å². The lowest BCUT2D eigenvalue weighted by molar-refractivity contribution is 0.0735. The van der Waals surface area contributed by atoms with Gasteiger partial charge >= 0.3 is 0 Å². The molecule has 0 unspecified atom stereocenters. The van der Waals surface area contributed by atoms with Crippen LogP contribution in [0.1, 0.15) is 27.7 Å². The normalized spacial score (nSPS) is 13.9. The summed E-state index contributed by atoms with van der Waals surface area (Å²) in [6, 6.07) is 5.82. The number of anilines is 1. The smallest absolute Gasteiger partial charge is 0.255 e. The minimum atomic E-state index is 0.0670. The van der Waals surface area contributed by atoms with Crippen molar-refractivity contribution < 1.29 is 4.79 Å². The van der Waals surface area contributed by atoms with Gasteiger partial charge in [0.15, 0.2) is 0 Å². The molecule has 1 aliphatic rings. The zero-order valence-corrected chi connectivity index (χ0v) is 12.2. The fraction of sp³-hybridized carbons (Fsp3) is 0.333. The van der Waals surface area contributed by atoms with Crippen LogP contribution in [-0.2, 0) is 13.0 Å². The van der Waals surface area contributed by atoms with Crippen LogP contribution in [0.4, 0.5) is 5.82 Å². The Kier molecular flexibility index (Phi) is 3.69. The van der Waals surface area contributed by atoms with Crippen molar-refractivity contribution in [2.24, 2.45) is 0 Å². The highest BCUT2D eigenvalue weighted by Gasteiger charge is 2.22. The minimum absolute atomic E-state index is 0.0670. The molecule has 0 aliphatic carbocycles. The van der Waals surface area contributed by atoms with Gasteiger partial charge in [0.1, 0.15) is 5.82 Å². The van der Waals surface area contributed by atoms with Gasteiger partial charge in [0, 0.05) is 30.7 Å². The van der Waals surface area contributed by atoms with E-state index in [2.05, 4.69) is 21.7 Å². The Hall–Kier alpha value is -1.88. The van der Waals surface area contributed by atoms with Gasteiger partial charge in [-0.2, -0.15) is 0 Å². The van der Waals surface area contributed by atoms with Crippen LogP contribution in [0, 0.1) is 0 Å². The Morgan fingerprint density at radius 3 is 3.10 bits per heavy atom. The second kappa shape index (κ2) is 5.63. The van der Waals surface area contributed by atoms with E-state index in [1.807, 2.05) is 24.0 Å². The zero-order chi connectivity index (χ0) is 13.9. The molecule has 1 amide bonds. The molecule has 3 heterocycles. The third kappa shape index (κ3) is 2.54. The Morgan fingerprint density at radius 2 is 2.35 bits per heavy atom. The Morgan fingerprint density at radius 1 is 1.45 bits per heavy atom. The van der Waals surface area contributed by atoms with Gasteiger partial charge in [0.2, 0.25) is 0 Å². The molecule has 4 nitrogen and oxygen atoms in total. The quantitative estimate of drug-likeness (QED) is 0.944. The third-order valence-electron chi connectivity index (χ3n) is 3.46. The number of rotatable bonds is 3. The molecule has 0 saturated heterocycles. The topological polar surface area (TPSA) is 45.2 Å². The van der Waals surface area contributed by atoms with Crippen molar-refractivity contribution in [3.05, 3.63) is 45.8 Å². The van der Waals surface area contributed by atoms with Crippen molar-refractivity contribution in [1.29, 1.82) is 0 Å². The van der Waals surface area contributed by atoms with Gasteiger partial charge in [-0.25, -0.2) is 4.98 Å². The summed E-state index contributed by atoms with van der Waals surface area (Å²) in [5.41, 5.74) is 1.94. The number of nitrogens with zero attached hydrogens (tertiary/aromatic N) is 2. The van der Waals surface area contributed by atoms with E-state index >= 15 is 0 Å². The molecule has 104 valence electrons. The lowest BCUT2D eigenvalue weighted by atomic mass is 10.1. The van der Waals surface area contributed by atoms with Crippen molar-refractivity contribution in [2.75, 3.05) is 18.4 Å². The van der Waals surface area contributed by atoms with Crippen molar-refractivity contribution in [1.82, 2.24) is 9.88 Å². The number of amides is 1. The lowest BCUT2D eigenvalue weighted by Crippen LogP contribution is -2.35. The number of carbonyl (C=O) groups is 1. The molecular formula is C15H17N3OS. The predicted molar refractivity (Wildman–Crippen MR) is 81.2 cm³/mol. The number of aromatic nitrogens is 1. The van der Waals surface area contributed by atoms with E-state index in [9.17, 15) is 4.79 Å². The standard InChI is InChI=1S/C15H17N3OS/c1-2-16-14-4-3-11(9-17-14)15(19)18-7-5-13-12(10-18)6-8-20-13/h3-4,6,8-9H,2,5,7,10H2,1H3,(H,16,17). The summed E-state index contributed by atoms with van der Waals surface area (Å²) >= 11 is 1.78. The third-order valence-corrected chi connectivity index (χ3v) is 4.49. The molecule has 2 aromatic rings. The number of nitrogens with one attached hydrogen (secondary N) is 1. The van der Waals surface area contributed by atoms with Gasteiger partial charge < -0.3 is 10.2 Å². The van der Waals surface area contributed by atoms with E-state index in [1.165, 1.54) is 10.4 Å². The second-order valence-electron chi connectivity index (χ2n) is 4.81. The number of fused-ring (bicyclic) bond motifs is 1. The van der Waals surface area contributed by atoms with E-state index in [0.29, 0.717) is 12.1 Å². The molecular weight excluding hydrogens is 270 g/mol. The van der Waals surface area contributed by atoms with E-state index < -0.39 is 0 Å². The number of thiophene rings is 1. The average molecular weight is 287 g/mol. The number of pyridine rings is 1. The maximum atomic E-state index is 12.5. The van der Waals surface area contributed by atoms with E-state index in [-0.39, 0.29) is 5.91 Å². The Labute approximate surface area is 122 Å². The van der Waals surface area contributed by atoms with Gasteiger partial charge in [0.25, 0.3) is 5.91 Å². The van der Waals surface area contributed by atoms with Crippen molar-refractivity contribution in [2.45, 2.75) is 19.9 Å². The van der Waals surface area contributed by atoms with Crippen LogP contribution in [-0.4, -0.2) is 28.9 Å². The highest BCUT2D eigenvalue weighted by atomic mass is 32.1. The molecule has 0 bridgehead atoms. The van der Waals surface area contributed by atoms with E-state index in [4.69, 9.17) is 0 Å². The molecule has 0 radical (unpaired) electrons. The largest absolute Gasteiger partial charge is 0.370 e. The van der Waals surface area contributed by atoms with E-state index in [1.54, 1.807) is 17.5 Å². The van der Waals surface area contributed by atoms with Crippen molar-refractivity contribution in [3.8, 4) is 0 Å². The Balaban J connectivity index is 1.73. The molecule has 3 rings (SSSR count). The number of hydrogen-bond donors (Lipinski definition) is 1. The van der Waals surface area contributed by atoms with Gasteiger partial charge in [-0.1, -0.05) is 0 Å². The molecule has 0 fully saturated rings. The fourth-order valence-corrected chi connectivity index (χ4v) is 3.30. The fourth-order valence-electron chi connectivity index (χ4n) is 2.41. The van der Waals surface area contributed by atoms with Crippen LogP contribution in [0.2, 0.25) is 0 Å². The van der Waals surface area contributed by atoms with Gasteiger partial charge in [0.05, 0.1) is 5.56 Å². The maximum absolute atomic E-state index is 12.5. The van der Waals surface area contributed by atoms with Crippen LogP contribution in [0.5, 0.6) is 0 Å². The first-order valence-corrected chi connectivity index (χ1v) is 7.70. The summed E-state index contributed by atoms with van der Waals surface area (Å²) < 4.78 is 0. The first-order chi connectivity index (χ1) is 9.78. The number of carbonyl (C=O) groups excluding carboxylic acids is 1. The summed E-state index contributed by atoms with van der Waals surface area (Å²) in [4.78, 5) is 20.0. The van der Waals surface area contributed by atoms with Crippen LogP contribution in [0.25, 0.3) is 0 Å². The molecule has 2 aromatic heterocycles. The van der Waals surface area contributed by atoms with Gasteiger partial charge in [-0.05, 0) is 42.5 Å². The summed E-state index contributed by atoms with van der Waals surface area (Å²) in [5.74, 6) is 0.875. The highest BCUT2D eigenvalue weighted by molar-refractivity contribution is 7.10. The molecule has 1 N–H and O–H groups in total. The summed E-state index contributed by atoms with van der Waals surface area (Å²) in [5, 5.41) is 5.23. The van der Waals surface area contributed by atoms with E-state index in [0.717, 1.165) is 25.3 Å². The van der Waals surface area contributed by atoms with Crippen molar-refractivity contribution in [3.63, 3.8) is 0 Å². The molecule has 0 aromatic carbocycles. The second-order valence-corrected chi connectivity index (χ2v) is 5.81. The summed E-state index contributed by atoms with van der Waals surface area (Å²) in [6.45, 7) is 4.36. The molecule has 5 heteroatoms. The Bertz CT molecular complexity index is 606.